The van der Waals surface area contributed by atoms with Crippen molar-refractivity contribution in [2.45, 2.75) is 13.3 Å². The summed E-state index contributed by atoms with van der Waals surface area (Å²) in [6.45, 7) is 1.81. The molecule has 0 radical (unpaired) electrons. The molecule has 0 aliphatic carbocycles. The third-order valence-corrected chi connectivity index (χ3v) is 4.47. The highest BCUT2D eigenvalue weighted by atomic mass is 35.5. The van der Waals surface area contributed by atoms with Crippen LogP contribution < -0.4 is 9.47 Å². The molecule has 2 aromatic carbocycles. The van der Waals surface area contributed by atoms with E-state index in [9.17, 15) is 4.79 Å². The topological polar surface area (TPSA) is 55.8 Å². The summed E-state index contributed by atoms with van der Waals surface area (Å²) in [6.07, 6.45) is -0.0331. The SMILES string of the molecule is COc1ccc(C(=C(Cl)C(C)CC(=O)O)c2ccc(OC)cc2)cc1. The number of aliphatic carboxylic acids is 1. The average Bonchev–Trinajstić information content (AvgIpc) is 2.62. The van der Waals surface area contributed by atoms with E-state index in [2.05, 4.69) is 0 Å². The van der Waals surface area contributed by atoms with Gasteiger partial charge in [0.15, 0.2) is 0 Å². The maximum absolute atomic E-state index is 11.1. The van der Waals surface area contributed by atoms with Gasteiger partial charge in [-0.05, 0) is 35.4 Å². The molecule has 2 rings (SSSR count). The first-order valence-electron chi connectivity index (χ1n) is 7.86. The first kappa shape index (κ1) is 18.9. The van der Waals surface area contributed by atoms with Crippen molar-refractivity contribution in [1.82, 2.24) is 0 Å². The molecule has 0 aliphatic heterocycles. The standard InChI is InChI=1S/C20H21ClO4/c1-13(12-18(22)23)20(21)19(14-4-8-16(24-2)9-5-14)15-6-10-17(25-3)11-7-15/h4-11,13H,12H2,1-3H3,(H,22,23). The molecule has 0 saturated carbocycles. The normalized spacial score (nSPS) is 11.5. The monoisotopic (exact) mass is 360 g/mol. The number of benzene rings is 2. The Hall–Kier alpha value is -2.46. The van der Waals surface area contributed by atoms with Crippen molar-refractivity contribution in [3.8, 4) is 11.5 Å². The minimum absolute atomic E-state index is 0.0331. The van der Waals surface area contributed by atoms with Gasteiger partial charge < -0.3 is 14.6 Å². The lowest BCUT2D eigenvalue weighted by Crippen LogP contribution is -2.06. The fourth-order valence-corrected chi connectivity index (χ4v) is 2.85. The highest BCUT2D eigenvalue weighted by molar-refractivity contribution is 6.33. The number of hydrogen-bond donors (Lipinski definition) is 1. The second-order valence-electron chi connectivity index (χ2n) is 5.68. The van der Waals surface area contributed by atoms with Gasteiger partial charge in [0, 0.05) is 16.5 Å². The smallest absolute Gasteiger partial charge is 0.303 e. The van der Waals surface area contributed by atoms with Crippen LogP contribution in [0.5, 0.6) is 11.5 Å². The Labute approximate surface area is 152 Å². The summed E-state index contributed by atoms with van der Waals surface area (Å²) < 4.78 is 10.4. The maximum atomic E-state index is 11.1. The molecule has 0 aliphatic rings. The zero-order valence-electron chi connectivity index (χ0n) is 14.5. The number of hydrogen-bond acceptors (Lipinski definition) is 3. The van der Waals surface area contributed by atoms with Gasteiger partial charge in [0.05, 0.1) is 20.6 Å². The number of carbonyl (C=O) groups is 1. The number of ether oxygens (including phenoxy) is 2. The maximum Gasteiger partial charge on any atom is 0.303 e. The van der Waals surface area contributed by atoms with Crippen LogP contribution in [0.2, 0.25) is 0 Å². The average molecular weight is 361 g/mol. The van der Waals surface area contributed by atoms with E-state index in [0.717, 1.165) is 28.2 Å². The fourth-order valence-electron chi connectivity index (χ4n) is 2.56. The van der Waals surface area contributed by atoms with Crippen molar-refractivity contribution in [1.29, 1.82) is 0 Å². The fraction of sp³-hybridized carbons (Fsp3) is 0.250. The summed E-state index contributed by atoms with van der Waals surface area (Å²) >= 11 is 6.61. The van der Waals surface area contributed by atoms with Gasteiger partial charge in [-0.3, -0.25) is 4.79 Å². The van der Waals surface area contributed by atoms with Crippen molar-refractivity contribution in [3.05, 3.63) is 64.7 Å². The predicted molar refractivity (Wildman–Crippen MR) is 99.3 cm³/mol. The molecule has 1 unspecified atom stereocenters. The first-order chi connectivity index (χ1) is 12.0. The van der Waals surface area contributed by atoms with Crippen LogP contribution in [0.1, 0.15) is 24.5 Å². The van der Waals surface area contributed by atoms with Crippen LogP contribution in [0.25, 0.3) is 5.57 Å². The predicted octanol–water partition coefficient (Wildman–Crippen LogP) is 4.81. The molecule has 0 spiro atoms. The van der Waals surface area contributed by atoms with Crippen LogP contribution in [0, 0.1) is 5.92 Å². The molecule has 0 saturated heterocycles. The van der Waals surface area contributed by atoms with Gasteiger partial charge in [0.25, 0.3) is 0 Å². The molecule has 0 heterocycles. The van der Waals surface area contributed by atoms with E-state index in [1.54, 1.807) is 14.2 Å². The van der Waals surface area contributed by atoms with Crippen LogP contribution in [-0.4, -0.2) is 25.3 Å². The van der Waals surface area contributed by atoms with Gasteiger partial charge in [-0.2, -0.15) is 0 Å². The van der Waals surface area contributed by atoms with Gasteiger partial charge in [-0.15, -0.1) is 0 Å². The molecule has 1 atom stereocenters. The van der Waals surface area contributed by atoms with Crippen LogP contribution in [-0.2, 0) is 4.79 Å². The van der Waals surface area contributed by atoms with Gasteiger partial charge in [0.2, 0.25) is 0 Å². The van der Waals surface area contributed by atoms with Crippen molar-refractivity contribution in [3.63, 3.8) is 0 Å². The third-order valence-electron chi connectivity index (χ3n) is 3.91. The lowest BCUT2D eigenvalue weighted by Gasteiger charge is -2.17. The van der Waals surface area contributed by atoms with E-state index < -0.39 is 5.97 Å². The second-order valence-corrected chi connectivity index (χ2v) is 6.09. The van der Waals surface area contributed by atoms with E-state index >= 15 is 0 Å². The van der Waals surface area contributed by atoms with E-state index in [0.29, 0.717) is 5.03 Å². The Kier molecular flexibility index (Phi) is 6.48. The summed E-state index contributed by atoms with van der Waals surface area (Å²) in [5.41, 5.74) is 2.60. The Balaban J connectivity index is 2.54. The highest BCUT2D eigenvalue weighted by Gasteiger charge is 2.18. The highest BCUT2D eigenvalue weighted by Crippen LogP contribution is 2.35. The van der Waals surface area contributed by atoms with Crippen LogP contribution in [0.3, 0.4) is 0 Å². The molecule has 0 bridgehead atoms. The van der Waals surface area contributed by atoms with E-state index in [4.69, 9.17) is 26.2 Å². The summed E-state index contributed by atoms with van der Waals surface area (Å²) in [5.74, 6) is 0.299. The Morgan fingerprint density at radius 1 is 0.960 bits per heavy atom. The molecule has 0 amide bonds. The van der Waals surface area contributed by atoms with Crippen LogP contribution >= 0.6 is 11.6 Å². The molecule has 0 aromatic heterocycles. The molecule has 2 aromatic rings. The number of methoxy groups -OCH3 is 2. The molecular weight excluding hydrogens is 340 g/mol. The molecule has 0 fully saturated rings. The van der Waals surface area contributed by atoms with E-state index in [-0.39, 0.29) is 12.3 Å². The van der Waals surface area contributed by atoms with Crippen LogP contribution in [0.15, 0.2) is 53.6 Å². The molecule has 4 nitrogen and oxygen atoms in total. The van der Waals surface area contributed by atoms with Gasteiger partial charge in [-0.1, -0.05) is 42.8 Å². The number of carboxylic acids is 1. The minimum atomic E-state index is -0.880. The summed E-state index contributed by atoms with van der Waals surface area (Å²) in [5, 5.41) is 9.59. The zero-order chi connectivity index (χ0) is 18.4. The van der Waals surface area contributed by atoms with Crippen molar-refractivity contribution >= 4 is 23.1 Å². The number of carboxylic acid groups (broad SMARTS) is 1. The molecule has 1 N–H and O–H groups in total. The summed E-state index contributed by atoms with van der Waals surface area (Å²) in [7, 11) is 3.22. The van der Waals surface area contributed by atoms with E-state index in [1.807, 2.05) is 55.5 Å². The lowest BCUT2D eigenvalue weighted by atomic mass is 9.93. The quantitative estimate of drug-likeness (QED) is 0.769. The number of rotatable bonds is 7. The first-order valence-corrected chi connectivity index (χ1v) is 8.24. The van der Waals surface area contributed by atoms with Gasteiger partial charge in [0.1, 0.15) is 11.5 Å². The van der Waals surface area contributed by atoms with Gasteiger partial charge >= 0.3 is 5.97 Å². The van der Waals surface area contributed by atoms with Crippen molar-refractivity contribution < 1.29 is 19.4 Å². The minimum Gasteiger partial charge on any atom is -0.497 e. The van der Waals surface area contributed by atoms with Gasteiger partial charge in [-0.25, -0.2) is 0 Å². The summed E-state index contributed by atoms with van der Waals surface area (Å²) in [4.78, 5) is 11.1. The Morgan fingerprint density at radius 2 is 1.36 bits per heavy atom. The Bertz CT molecular complexity index is 699. The van der Waals surface area contributed by atoms with Crippen molar-refractivity contribution in [2.24, 2.45) is 5.92 Å². The number of allylic oxidation sites excluding steroid dienone is 1. The zero-order valence-corrected chi connectivity index (χ0v) is 15.2. The lowest BCUT2D eigenvalue weighted by molar-refractivity contribution is -0.137. The molecule has 132 valence electrons. The largest absolute Gasteiger partial charge is 0.497 e. The number of halogens is 1. The second kappa shape index (κ2) is 8.58. The molecule has 5 heteroatoms. The molecular formula is C20H21ClO4. The molecule has 25 heavy (non-hydrogen) atoms. The van der Waals surface area contributed by atoms with Crippen LogP contribution in [0.4, 0.5) is 0 Å². The Morgan fingerprint density at radius 3 is 1.68 bits per heavy atom. The van der Waals surface area contributed by atoms with Crippen molar-refractivity contribution in [2.75, 3.05) is 14.2 Å². The third kappa shape index (κ3) is 4.77. The summed E-state index contributed by atoms with van der Waals surface area (Å²) in [6, 6.07) is 15.1. The van der Waals surface area contributed by atoms with E-state index in [1.165, 1.54) is 0 Å².